The molecule has 4 aromatic carbocycles. The topological polar surface area (TPSA) is 116 Å². The minimum Gasteiger partial charge on any atom is -0.497 e. The largest absolute Gasteiger partial charge is 0.497 e. The number of aromatic nitrogens is 2. The summed E-state index contributed by atoms with van der Waals surface area (Å²) in [5.74, 6) is 0.0558. The van der Waals surface area contributed by atoms with E-state index in [1.54, 1.807) is 85.8 Å². The van der Waals surface area contributed by atoms with Gasteiger partial charge in [-0.05, 0) is 48.4 Å². The number of nitro groups is 1. The summed E-state index contributed by atoms with van der Waals surface area (Å²) in [6.45, 7) is 1.74. The average Bonchev–Trinajstić information content (AvgIpc) is 2.97. The predicted molar refractivity (Wildman–Crippen MR) is 155 cm³/mol. The van der Waals surface area contributed by atoms with Gasteiger partial charge in [-0.25, -0.2) is 4.98 Å². The van der Waals surface area contributed by atoms with Crippen molar-refractivity contribution < 1.29 is 14.5 Å². The van der Waals surface area contributed by atoms with Gasteiger partial charge in [-0.3, -0.25) is 24.3 Å². The molecular weight excluding hydrogens is 528 g/mol. The summed E-state index contributed by atoms with van der Waals surface area (Å²) in [5.41, 5.74) is 1.91. The summed E-state index contributed by atoms with van der Waals surface area (Å²) < 4.78 is 6.83. The number of methoxy groups -OCH3 is 1. The van der Waals surface area contributed by atoms with Crippen molar-refractivity contribution in [1.29, 1.82) is 0 Å². The molecule has 9 nitrogen and oxygen atoms in total. The molecule has 1 unspecified atom stereocenters. The molecule has 40 heavy (non-hydrogen) atoms. The van der Waals surface area contributed by atoms with Gasteiger partial charge in [0.15, 0.2) is 5.16 Å². The zero-order valence-electron chi connectivity index (χ0n) is 21.6. The van der Waals surface area contributed by atoms with E-state index in [9.17, 15) is 19.7 Å². The third-order valence-corrected chi connectivity index (χ3v) is 7.43. The molecule has 200 valence electrons. The fourth-order valence-corrected chi connectivity index (χ4v) is 5.39. The van der Waals surface area contributed by atoms with Gasteiger partial charge in [-0.15, -0.1) is 0 Å². The van der Waals surface area contributed by atoms with E-state index in [1.807, 2.05) is 6.07 Å². The van der Waals surface area contributed by atoms with Gasteiger partial charge >= 0.3 is 0 Å². The highest BCUT2D eigenvalue weighted by Crippen LogP contribution is 2.37. The van der Waals surface area contributed by atoms with Crippen molar-refractivity contribution in [2.24, 2.45) is 0 Å². The number of rotatable bonds is 8. The van der Waals surface area contributed by atoms with Crippen molar-refractivity contribution in [3.63, 3.8) is 0 Å². The monoisotopic (exact) mass is 552 g/mol. The average molecular weight is 553 g/mol. The molecule has 10 heteroatoms. The Bertz CT molecular complexity index is 1790. The maximum Gasteiger partial charge on any atom is 0.293 e. The first-order chi connectivity index (χ1) is 19.4. The first-order valence-corrected chi connectivity index (χ1v) is 13.2. The fraction of sp³-hybridized carbons (Fsp3) is 0.100. The summed E-state index contributed by atoms with van der Waals surface area (Å²) in [5, 5.41) is 14.2. The van der Waals surface area contributed by atoms with Crippen LogP contribution in [0.5, 0.6) is 5.75 Å². The zero-order valence-corrected chi connectivity index (χ0v) is 22.4. The van der Waals surface area contributed by atoms with Crippen molar-refractivity contribution in [3.8, 4) is 11.4 Å². The first kappa shape index (κ1) is 26.6. The highest BCUT2D eigenvalue weighted by atomic mass is 32.2. The molecule has 0 fully saturated rings. The minimum absolute atomic E-state index is 0.0822. The van der Waals surface area contributed by atoms with Crippen LogP contribution in [-0.2, 0) is 4.79 Å². The molecule has 0 saturated carbocycles. The van der Waals surface area contributed by atoms with Gasteiger partial charge in [-0.2, -0.15) is 0 Å². The molecule has 1 atom stereocenters. The number of thioether (sulfide) groups is 1. The van der Waals surface area contributed by atoms with Crippen LogP contribution >= 0.6 is 11.8 Å². The number of amides is 1. The Labute approximate surface area is 233 Å². The number of para-hydroxylation sites is 1. The van der Waals surface area contributed by atoms with Crippen molar-refractivity contribution in [1.82, 2.24) is 9.55 Å². The number of carbonyl (C=O) groups excluding carboxylic acids is 1. The number of fused-ring (bicyclic) bond motifs is 1. The van der Waals surface area contributed by atoms with Crippen LogP contribution in [0.4, 0.5) is 11.4 Å². The second-order valence-corrected chi connectivity index (χ2v) is 10.0. The van der Waals surface area contributed by atoms with Gasteiger partial charge in [0.05, 0.1) is 28.6 Å². The van der Waals surface area contributed by atoms with Crippen LogP contribution in [0.2, 0.25) is 0 Å². The Morgan fingerprint density at radius 2 is 1.75 bits per heavy atom. The maximum atomic E-state index is 13.8. The molecule has 0 aliphatic carbocycles. The van der Waals surface area contributed by atoms with Crippen LogP contribution in [0.15, 0.2) is 107 Å². The van der Waals surface area contributed by atoms with Crippen molar-refractivity contribution in [2.45, 2.75) is 17.3 Å². The van der Waals surface area contributed by atoms with Crippen LogP contribution in [0, 0.1) is 17.0 Å². The molecule has 0 bridgehead atoms. The Morgan fingerprint density at radius 3 is 2.50 bits per heavy atom. The zero-order chi connectivity index (χ0) is 28.2. The molecule has 5 aromatic rings. The van der Waals surface area contributed by atoms with E-state index < -0.39 is 16.1 Å². The second-order valence-electron chi connectivity index (χ2n) is 8.93. The predicted octanol–water partition coefficient (Wildman–Crippen LogP) is 6.08. The summed E-state index contributed by atoms with van der Waals surface area (Å²) >= 11 is 1.08. The number of ether oxygens (including phenoxy) is 1. The molecule has 0 aliphatic rings. The summed E-state index contributed by atoms with van der Waals surface area (Å²) in [4.78, 5) is 43.5. The summed E-state index contributed by atoms with van der Waals surface area (Å²) in [7, 11) is 1.54. The molecule has 1 amide bonds. The van der Waals surface area contributed by atoms with E-state index in [0.717, 1.165) is 11.8 Å². The Kier molecular flexibility index (Phi) is 7.61. The van der Waals surface area contributed by atoms with Crippen molar-refractivity contribution in [3.05, 3.63) is 129 Å². The number of carbonyl (C=O) groups is 1. The molecule has 0 spiro atoms. The number of nitrogens with zero attached hydrogens (tertiary/aromatic N) is 3. The van der Waals surface area contributed by atoms with Gasteiger partial charge in [-0.1, -0.05) is 66.4 Å². The van der Waals surface area contributed by atoms with Crippen LogP contribution < -0.4 is 15.6 Å². The number of nitro benzene ring substituents is 1. The highest BCUT2D eigenvalue weighted by Gasteiger charge is 2.28. The Balaban J connectivity index is 1.64. The van der Waals surface area contributed by atoms with Gasteiger partial charge < -0.3 is 10.1 Å². The fourth-order valence-electron chi connectivity index (χ4n) is 4.27. The first-order valence-electron chi connectivity index (χ1n) is 12.3. The number of aryl methyl sites for hydroxylation is 1. The normalized spacial score (nSPS) is 11.7. The van der Waals surface area contributed by atoms with Gasteiger partial charge in [0.2, 0.25) is 5.91 Å². The molecule has 0 aliphatic heterocycles. The Morgan fingerprint density at radius 1 is 1.00 bits per heavy atom. The lowest BCUT2D eigenvalue weighted by Crippen LogP contribution is -2.24. The second kappa shape index (κ2) is 11.4. The lowest BCUT2D eigenvalue weighted by Gasteiger charge is -2.20. The molecule has 1 aromatic heterocycles. The highest BCUT2D eigenvalue weighted by molar-refractivity contribution is 8.00. The maximum absolute atomic E-state index is 13.8. The number of hydrogen-bond donors (Lipinski definition) is 1. The van der Waals surface area contributed by atoms with Gasteiger partial charge in [0.25, 0.3) is 11.2 Å². The third-order valence-electron chi connectivity index (χ3n) is 6.23. The van der Waals surface area contributed by atoms with E-state index in [0.29, 0.717) is 33.5 Å². The molecule has 0 radical (unpaired) electrons. The Hall–Kier alpha value is -4.96. The summed E-state index contributed by atoms with van der Waals surface area (Å²) in [6.07, 6.45) is 0. The molecule has 0 saturated heterocycles. The van der Waals surface area contributed by atoms with E-state index in [4.69, 9.17) is 9.72 Å². The molecule has 5 rings (SSSR count). The quantitative estimate of drug-likeness (QED) is 0.107. The SMILES string of the molecule is COc1cccc(-n2c(SC(C(=O)Nc3ccc(C)cc3[N+](=O)[O-])c3ccccc3)nc3ccccc3c2=O)c1. The molecular formula is C30H24N4O5S. The third kappa shape index (κ3) is 5.43. The molecule has 1 heterocycles. The van der Waals surface area contributed by atoms with Crippen LogP contribution in [0.3, 0.4) is 0 Å². The van der Waals surface area contributed by atoms with Gasteiger partial charge in [0.1, 0.15) is 16.7 Å². The number of anilines is 1. The van der Waals surface area contributed by atoms with E-state index in [1.165, 1.54) is 23.8 Å². The van der Waals surface area contributed by atoms with Crippen LogP contribution in [0.1, 0.15) is 16.4 Å². The smallest absolute Gasteiger partial charge is 0.293 e. The standard InChI is InChI=1S/C30H24N4O5S/c1-19-15-16-25(26(17-19)34(37)38)31-28(35)27(20-9-4-3-5-10-20)40-30-32-24-14-7-6-13-23(24)29(36)33(30)21-11-8-12-22(18-21)39-2/h3-18,27H,1-2H3,(H,31,35). The van der Waals surface area contributed by atoms with Crippen molar-refractivity contribution in [2.75, 3.05) is 12.4 Å². The minimum atomic E-state index is -0.896. The van der Waals surface area contributed by atoms with E-state index in [2.05, 4.69) is 5.32 Å². The summed E-state index contributed by atoms with van der Waals surface area (Å²) in [6, 6.07) is 27.6. The van der Waals surface area contributed by atoms with E-state index in [-0.39, 0.29) is 22.1 Å². The lowest BCUT2D eigenvalue weighted by atomic mass is 10.1. The van der Waals surface area contributed by atoms with Crippen LogP contribution in [-0.4, -0.2) is 27.5 Å². The number of hydrogen-bond acceptors (Lipinski definition) is 7. The number of nitrogens with one attached hydrogen (secondary N) is 1. The van der Waals surface area contributed by atoms with Crippen molar-refractivity contribution >= 4 is 39.9 Å². The van der Waals surface area contributed by atoms with E-state index >= 15 is 0 Å². The molecule has 1 N–H and O–H groups in total. The van der Waals surface area contributed by atoms with Gasteiger partial charge in [0, 0.05) is 12.1 Å². The lowest BCUT2D eigenvalue weighted by molar-refractivity contribution is -0.384. The number of benzene rings is 4. The van der Waals surface area contributed by atoms with Crippen LogP contribution in [0.25, 0.3) is 16.6 Å².